The van der Waals surface area contributed by atoms with Crippen molar-refractivity contribution in [2.75, 3.05) is 0 Å². The van der Waals surface area contributed by atoms with Crippen LogP contribution in [0.1, 0.15) is 30.2 Å². The minimum absolute atomic E-state index is 0.0305. The summed E-state index contributed by atoms with van der Waals surface area (Å²) in [7, 11) is 0. The van der Waals surface area contributed by atoms with Gasteiger partial charge in [-0.05, 0) is 18.6 Å². The fraction of sp³-hybridized carbons (Fsp3) is 0.364. The number of nitrogens with zero attached hydrogens (tertiary/aromatic N) is 3. The van der Waals surface area contributed by atoms with Crippen molar-refractivity contribution in [3.8, 4) is 0 Å². The van der Waals surface area contributed by atoms with Crippen molar-refractivity contribution in [1.29, 1.82) is 0 Å². The molecular weight excluding hydrogens is 223 g/mol. The molecule has 0 fully saturated rings. The van der Waals surface area contributed by atoms with E-state index in [0.29, 0.717) is 18.3 Å². The van der Waals surface area contributed by atoms with Gasteiger partial charge in [0.2, 0.25) is 5.89 Å². The maximum absolute atomic E-state index is 13.0. The highest BCUT2D eigenvalue weighted by Gasteiger charge is 2.08. The number of rotatable bonds is 4. The Labute approximate surface area is 98.1 Å². The number of hydrogen-bond acceptors (Lipinski definition) is 5. The van der Waals surface area contributed by atoms with E-state index in [4.69, 9.17) is 4.52 Å². The summed E-state index contributed by atoms with van der Waals surface area (Å²) in [5.74, 6) is 0.771. The van der Waals surface area contributed by atoms with Gasteiger partial charge >= 0.3 is 0 Å². The molecule has 0 spiro atoms. The number of nitrogens with one attached hydrogen (secondary N) is 1. The molecule has 2 aromatic heterocycles. The molecule has 0 amide bonds. The molecule has 0 saturated carbocycles. The summed E-state index contributed by atoms with van der Waals surface area (Å²) in [5, 5.41) is 6.92. The second-order valence-corrected chi connectivity index (χ2v) is 3.77. The Kier molecular flexibility index (Phi) is 3.43. The third-order valence-corrected chi connectivity index (χ3v) is 2.36. The molecule has 0 aromatic carbocycles. The van der Waals surface area contributed by atoms with Gasteiger partial charge < -0.3 is 9.84 Å². The van der Waals surface area contributed by atoms with Gasteiger partial charge in [0.1, 0.15) is 5.82 Å². The largest absolute Gasteiger partial charge is 0.340 e. The molecule has 0 radical (unpaired) electrons. The summed E-state index contributed by atoms with van der Waals surface area (Å²) in [6.07, 6.45) is 2.81. The molecule has 0 aliphatic heterocycles. The van der Waals surface area contributed by atoms with Crippen molar-refractivity contribution in [3.63, 3.8) is 0 Å². The summed E-state index contributed by atoms with van der Waals surface area (Å²) in [6, 6.07) is 1.42. The summed E-state index contributed by atoms with van der Waals surface area (Å²) in [5.41, 5.74) is 0.783. The summed E-state index contributed by atoms with van der Waals surface area (Å²) in [4.78, 5) is 7.86. The lowest BCUT2D eigenvalue weighted by atomic mass is 10.1. The smallest absolute Gasteiger partial charge is 0.223 e. The van der Waals surface area contributed by atoms with Gasteiger partial charge in [0, 0.05) is 19.2 Å². The Bertz CT molecular complexity index is 500. The number of halogens is 1. The molecule has 2 aromatic rings. The van der Waals surface area contributed by atoms with Crippen molar-refractivity contribution in [1.82, 2.24) is 20.4 Å². The van der Waals surface area contributed by atoms with Gasteiger partial charge in [0.25, 0.3) is 0 Å². The highest BCUT2D eigenvalue weighted by molar-refractivity contribution is 5.14. The lowest BCUT2D eigenvalue weighted by molar-refractivity contribution is 0.384. The van der Waals surface area contributed by atoms with Crippen LogP contribution in [0.2, 0.25) is 0 Å². The Morgan fingerprint density at radius 3 is 2.94 bits per heavy atom. The fourth-order valence-corrected chi connectivity index (χ4v) is 1.44. The van der Waals surface area contributed by atoms with Crippen LogP contribution in [0.15, 0.2) is 23.0 Å². The summed E-state index contributed by atoms with van der Waals surface area (Å²) < 4.78 is 17.8. The first-order valence-corrected chi connectivity index (χ1v) is 5.28. The number of pyridine rings is 1. The van der Waals surface area contributed by atoms with Gasteiger partial charge in [0.05, 0.1) is 12.7 Å². The van der Waals surface area contributed by atoms with Gasteiger partial charge in [-0.15, -0.1) is 0 Å². The lowest BCUT2D eigenvalue weighted by Gasteiger charge is -2.12. The highest BCUT2D eigenvalue weighted by Crippen LogP contribution is 2.12. The monoisotopic (exact) mass is 236 g/mol. The van der Waals surface area contributed by atoms with E-state index in [9.17, 15) is 4.39 Å². The predicted octanol–water partition coefficient (Wildman–Crippen LogP) is 1.76. The predicted molar refractivity (Wildman–Crippen MR) is 58.5 cm³/mol. The molecule has 0 aliphatic carbocycles. The van der Waals surface area contributed by atoms with Crippen LogP contribution < -0.4 is 5.32 Å². The van der Waals surface area contributed by atoms with Crippen LogP contribution in [-0.2, 0) is 6.54 Å². The van der Waals surface area contributed by atoms with Crippen LogP contribution in [0.25, 0.3) is 0 Å². The summed E-state index contributed by atoms with van der Waals surface area (Å²) in [6.45, 7) is 4.12. The zero-order chi connectivity index (χ0) is 12.3. The first-order chi connectivity index (χ1) is 8.15. The third kappa shape index (κ3) is 3.07. The number of aryl methyl sites for hydroxylation is 1. The molecular formula is C11H13FN4O. The Balaban J connectivity index is 1.95. The van der Waals surface area contributed by atoms with E-state index in [2.05, 4.69) is 20.4 Å². The Morgan fingerprint density at radius 2 is 2.29 bits per heavy atom. The van der Waals surface area contributed by atoms with E-state index >= 15 is 0 Å². The molecule has 0 bridgehead atoms. The molecule has 2 heterocycles. The van der Waals surface area contributed by atoms with Gasteiger partial charge in [-0.2, -0.15) is 4.98 Å². The quantitative estimate of drug-likeness (QED) is 0.876. The van der Waals surface area contributed by atoms with E-state index < -0.39 is 0 Å². The molecule has 0 saturated heterocycles. The maximum atomic E-state index is 13.0. The SMILES string of the molecule is Cc1nc(CNC(C)c2cncc(F)c2)no1. The lowest BCUT2D eigenvalue weighted by Crippen LogP contribution is -2.19. The van der Waals surface area contributed by atoms with Crippen LogP contribution in [0.3, 0.4) is 0 Å². The molecule has 17 heavy (non-hydrogen) atoms. The molecule has 1 unspecified atom stereocenters. The standard InChI is InChI=1S/C11H13FN4O/c1-7(9-3-10(12)5-13-4-9)14-6-11-15-8(2)17-16-11/h3-5,7,14H,6H2,1-2H3. The van der Waals surface area contributed by atoms with Gasteiger partial charge in [-0.3, -0.25) is 4.98 Å². The zero-order valence-electron chi connectivity index (χ0n) is 9.64. The minimum atomic E-state index is -0.341. The van der Waals surface area contributed by atoms with E-state index in [1.165, 1.54) is 12.3 Å². The molecule has 1 atom stereocenters. The fourth-order valence-electron chi connectivity index (χ4n) is 1.44. The molecule has 6 heteroatoms. The molecule has 90 valence electrons. The first kappa shape index (κ1) is 11.7. The van der Waals surface area contributed by atoms with E-state index in [1.807, 2.05) is 6.92 Å². The van der Waals surface area contributed by atoms with Crippen LogP contribution in [0.4, 0.5) is 4.39 Å². The van der Waals surface area contributed by atoms with Crippen LogP contribution in [0, 0.1) is 12.7 Å². The third-order valence-electron chi connectivity index (χ3n) is 2.36. The molecule has 5 nitrogen and oxygen atoms in total. The van der Waals surface area contributed by atoms with Crippen LogP contribution in [0.5, 0.6) is 0 Å². The van der Waals surface area contributed by atoms with Crippen molar-refractivity contribution >= 4 is 0 Å². The Morgan fingerprint density at radius 1 is 1.47 bits per heavy atom. The van der Waals surface area contributed by atoms with E-state index in [0.717, 1.165) is 5.56 Å². The second-order valence-electron chi connectivity index (χ2n) is 3.77. The van der Waals surface area contributed by atoms with E-state index in [-0.39, 0.29) is 11.9 Å². The van der Waals surface area contributed by atoms with Gasteiger partial charge in [0.15, 0.2) is 5.82 Å². The molecule has 2 rings (SSSR count). The zero-order valence-corrected chi connectivity index (χ0v) is 9.64. The van der Waals surface area contributed by atoms with Crippen molar-refractivity contribution < 1.29 is 8.91 Å². The highest BCUT2D eigenvalue weighted by atomic mass is 19.1. The molecule has 1 N–H and O–H groups in total. The van der Waals surface area contributed by atoms with Gasteiger partial charge in [-0.25, -0.2) is 4.39 Å². The van der Waals surface area contributed by atoms with Crippen molar-refractivity contribution in [3.05, 3.63) is 41.6 Å². The summed E-state index contributed by atoms with van der Waals surface area (Å²) >= 11 is 0. The van der Waals surface area contributed by atoms with Crippen LogP contribution in [-0.4, -0.2) is 15.1 Å². The number of hydrogen-bond donors (Lipinski definition) is 1. The normalized spacial score (nSPS) is 12.6. The van der Waals surface area contributed by atoms with E-state index in [1.54, 1.807) is 13.1 Å². The minimum Gasteiger partial charge on any atom is -0.340 e. The average Bonchev–Trinajstić information content (AvgIpc) is 2.72. The first-order valence-electron chi connectivity index (χ1n) is 5.28. The second kappa shape index (κ2) is 5.01. The average molecular weight is 236 g/mol. The van der Waals surface area contributed by atoms with Crippen molar-refractivity contribution in [2.45, 2.75) is 26.4 Å². The number of aromatic nitrogens is 3. The Hall–Kier alpha value is -1.82. The van der Waals surface area contributed by atoms with Crippen LogP contribution >= 0.6 is 0 Å². The van der Waals surface area contributed by atoms with Gasteiger partial charge in [-0.1, -0.05) is 5.16 Å². The maximum Gasteiger partial charge on any atom is 0.223 e. The molecule has 0 aliphatic rings. The van der Waals surface area contributed by atoms with Crippen molar-refractivity contribution in [2.24, 2.45) is 0 Å². The topological polar surface area (TPSA) is 63.8 Å².